The summed E-state index contributed by atoms with van der Waals surface area (Å²) in [5, 5.41) is 8.95. The van der Waals surface area contributed by atoms with Crippen LogP contribution in [-0.2, 0) is 14.8 Å². The van der Waals surface area contributed by atoms with E-state index in [-0.39, 0.29) is 16.8 Å². The molecule has 0 aromatic heterocycles. The molecule has 166 valence electrons. The van der Waals surface area contributed by atoms with Crippen LogP contribution in [-0.4, -0.2) is 51.4 Å². The number of nitrogens with zero attached hydrogens (tertiary/aromatic N) is 3. The van der Waals surface area contributed by atoms with E-state index in [0.29, 0.717) is 18.7 Å². The van der Waals surface area contributed by atoms with Gasteiger partial charge in [0.25, 0.3) is 0 Å². The monoisotopic (exact) mass is 450 g/mol. The molecule has 1 aliphatic heterocycles. The third-order valence-electron chi connectivity index (χ3n) is 5.68. The van der Waals surface area contributed by atoms with Crippen LogP contribution in [0.4, 0.5) is 5.69 Å². The number of amides is 1. The Morgan fingerprint density at radius 3 is 2.38 bits per heavy atom. The summed E-state index contributed by atoms with van der Waals surface area (Å²) in [6.07, 6.45) is 5.91. The van der Waals surface area contributed by atoms with Gasteiger partial charge in [0, 0.05) is 44.0 Å². The minimum Gasteiger partial charge on any atom is -0.370 e. The summed E-state index contributed by atoms with van der Waals surface area (Å²) in [6.45, 7) is 2.88. The number of carbonyl (C=O) groups excluding carboxylic acids is 1. The Morgan fingerprint density at radius 2 is 1.72 bits per heavy atom. The predicted octanol–water partition coefficient (Wildman–Crippen LogP) is 2.75. The van der Waals surface area contributed by atoms with E-state index in [1.165, 1.54) is 0 Å². The van der Waals surface area contributed by atoms with Crippen molar-refractivity contribution in [2.75, 3.05) is 31.1 Å². The molecule has 0 spiro atoms. The zero-order valence-electron chi connectivity index (χ0n) is 17.8. The van der Waals surface area contributed by atoms with E-state index in [1.54, 1.807) is 36.4 Å². The lowest BCUT2D eigenvalue weighted by Crippen LogP contribution is -2.34. The van der Waals surface area contributed by atoms with Crippen molar-refractivity contribution in [1.82, 2.24) is 9.62 Å². The quantitative estimate of drug-likeness (QED) is 0.683. The van der Waals surface area contributed by atoms with Gasteiger partial charge in [0.05, 0.1) is 16.5 Å². The maximum atomic E-state index is 12.7. The van der Waals surface area contributed by atoms with Gasteiger partial charge in [-0.1, -0.05) is 12.1 Å². The van der Waals surface area contributed by atoms with Crippen LogP contribution in [0, 0.1) is 11.3 Å². The van der Waals surface area contributed by atoms with Gasteiger partial charge in [0.15, 0.2) is 0 Å². The van der Waals surface area contributed by atoms with E-state index in [2.05, 4.69) is 15.7 Å². The number of hydrogen-bond donors (Lipinski definition) is 1. The predicted molar refractivity (Wildman–Crippen MR) is 123 cm³/mol. The Morgan fingerprint density at radius 1 is 1.00 bits per heavy atom. The highest BCUT2D eigenvalue weighted by Gasteiger charge is 2.27. The number of sulfonamides is 1. The Kier molecular flexibility index (Phi) is 6.58. The minimum atomic E-state index is -3.47. The maximum Gasteiger partial charge on any atom is 0.246 e. The van der Waals surface area contributed by atoms with Gasteiger partial charge in [-0.25, -0.2) is 13.1 Å². The molecular weight excluding hydrogens is 424 g/mol. The first kappa shape index (κ1) is 22.1. The Bertz CT molecular complexity index is 1130. The van der Waals surface area contributed by atoms with Gasteiger partial charge in [0.2, 0.25) is 15.9 Å². The molecule has 0 bridgehead atoms. The third kappa shape index (κ3) is 5.55. The molecule has 4 rings (SSSR count). The van der Waals surface area contributed by atoms with Gasteiger partial charge in [-0.15, -0.1) is 0 Å². The van der Waals surface area contributed by atoms with Crippen LogP contribution < -0.4 is 9.62 Å². The molecule has 1 amide bonds. The zero-order valence-corrected chi connectivity index (χ0v) is 18.6. The van der Waals surface area contributed by atoms with E-state index in [0.717, 1.165) is 43.6 Å². The van der Waals surface area contributed by atoms with Gasteiger partial charge in [-0.2, -0.15) is 5.26 Å². The van der Waals surface area contributed by atoms with Gasteiger partial charge in [-0.3, -0.25) is 4.79 Å². The van der Waals surface area contributed by atoms with Crippen LogP contribution in [0.2, 0.25) is 0 Å². The van der Waals surface area contributed by atoms with Gasteiger partial charge in [0.1, 0.15) is 0 Å². The van der Waals surface area contributed by atoms with E-state index < -0.39 is 10.0 Å². The first-order valence-electron chi connectivity index (χ1n) is 10.8. The molecule has 7 nitrogen and oxygen atoms in total. The van der Waals surface area contributed by atoms with Crippen LogP contribution in [0.5, 0.6) is 0 Å². The van der Waals surface area contributed by atoms with Crippen molar-refractivity contribution in [3.63, 3.8) is 0 Å². The molecule has 2 fully saturated rings. The zero-order chi connectivity index (χ0) is 22.6. The molecule has 0 unspecified atom stereocenters. The fraction of sp³-hybridized carbons (Fsp3) is 0.333. The second-order valence-electron chi connectivity index (χ2n) is 8.12. The van der Waals surface area contributed by atoms with Crippen molar-refractivity contribution in [3.05, 3.63) is 65.7 Å². The van der Waals surface area contributed by atoms with Crippen molar-refractivity contribution in [2.45, 2.75) is 30.2 Å². The number of benzene rings is 2. The average Bonchev–Trinajstić information content (AvgIpc) is 3.64. The number of rotatable bonds is 6. The molecule has 8 heteroatoms. The number of nitrogens with one attached hydrogen (secondary N) is 1. The summed E-state index contributed by atoms with van der Waals surface area (Å²) in [6, 6.07) is 16.3. The van der Waals surface area contributed by atoms with Gasteiger partial charge < -0.3 is 9.80 Å². The van der Waals surface area contributed by atoms with Crippen molar-refractivity contribution in [2.24, 2.45) is 0 Å². The second-order valence-corrected chi connectivity index (χ2v) is 9.84. The third-order valence-corrected chi connectivity index (χ3v) is 7.21. The molecule has 0 atom stereocenters. The SMILES string of the molecule is N#Cc1ccc(N2CCCN(C(=O)/C=C/c3ccc(S(=O)(=O)NC4CC4)cc3)CC2)cc1. The van der Waals surface area contributed by atoms with E-state index >= 15 is 0 Å². The van der Waals surface area contributed by atoms with Crippen molar-refractivity contribution >= 4 is 27.7 Å². The summed E-state index contributed by atoms with van der Waals surface area (Å²) in [4.78, 5) is 17.0. The summed E-state index contributed by atoms with van der Waals surface area (Å²) >= 11 is 0. The second kappa shape index (κ2) is 9.55. The summed E-state index contributed by atoms with van der Waals surface area (Å²) < 4.78 is 27.2. The molecule has 1 heterocycles. The molecule has 2 aliphatic rings. The Balaban J connectivity index is 1.33. The molecule has 1 saturated carbocycles. The highest BCUT2D eigenvalue weighted by Crippen LogP contribution is 2.22. The summed E-state index contributed by atoms with van der Waals surface area (Å²) in [7, 11) is -3.47. The highest BCUT2D eigenvalue weighted by atomic mass is 32.2. The van der Waals surface area contributed by atoms with Crippen LogP contribution >= 0.6 is 0 Å². The Labute approximate surface area is 189 Å². The van der Waals surface area contributed by atoms with Gasteiger partial charge in [-0.05, 0) is 67.3 Å². The number of hydrogen-bond acceptors (Lipinski definition) is 5. The van der Waals surface area contributed by atoms with E-state index in [1.807, 2.05) is 29.2 Å². The molecule has 2 aromatic carbocycles. The molecule has 32 heavy (non-hydrogen) atoms. The first-order valence-corrected chi connectivity index (χ1v) is 12.3. The summed E-state index contributed by atoms with van der Waals surface area (Å²) in [5.74, 6) is -0.0567. The first-order chi connectivity index (χ1) is 15.4. The van der Waals surface area contributed by atoms with E-state index in [9.17, 15) is 13.2 Å². The van der Waals surface area contributed by atoms with E-state index in [4.69, 9.17) is 5.26 Å². The number of nitriles is 1. The van der Waals surface area contributed by atoms with Crippen LogP contribution in [0.15, 0.2) is 59.5 Å². The fourth-order valence-corrected chi connectivity index (χ4v) is 4.97. The smallest absolute Gasteiger partial charge is 0.246 e. The van der Waals surface area contributed by atoms with Crippen molar-refractivity contribution < 1.29 is 13.2 Å². The largest absolute Gasteiger partial charge is 0.370 e. The lowest BCUT2D eigenvalue weighted by molar-refractivity contribution is -0.125. The lowest BCUT2D eigenvalue weighted by Gasteiger charge is -2.23. The number of carbonyl (C=O) groups is 1. The molecule has 2 aromatic rings. The number of anilines is 1. The molecule has 0 radical (unpaired) electrons. The standard InChI is InChI=1S/C24H26N4O3S/c25-18-20-2-9-22(10-3-20)27-14-1-15-28(17-16-27)24(29)13-6-19-4-11-23(12-5-19)32(30,31)26-21-7-8-21/h2-6,9-13,21,26H,1,7-8,14-17H2/b13-6+. The molecule has 1 N–H and O–H groups in total. The fourth-order valence-electron chi connectivity index (χ4n) is 3.66. The normalized spacial score (nSPS) is 17.2. The van der Waals surface area contributed by atoms with Crippen LogP contribution in [0.1, 0.15) is 30.4 Å². The maximum absolute atomic E-state index is 12.7. The van der Waals surface area contributed by atoms with Crippen LogP contribution in [0.25, 0.3) is 6.08 Å². The molecule has 1 saturated heterocycles. The van der Waals surface area contributed by atoms with Gasteiger partial charge >= 0.3 is 0 Å². The molecular formula is C24H26N4O3S. The van der Waals surface area contributed by atoms with Crippen LogP contribution in [0.3, 0.4) is 0 Å². The summed E-state index contributed by atoms with van der Waals surface area (Å²) in [5.41, 5.74) is 2.47. The van der Waals surface area contributed by atoms with Crippen molar-refractivity contribution in [1.29, 1.82) is 5.26 Å². The van der Waals surface area contributed by atoms with Crippen molar-refractivity contribution in [3.8, 4) is 6.07 Å². The highest BCUT2D eigenvalue weighted by molar-refractivity contribution is 7.89. The topological polar surface area (TPSA) is 93.5 Å². The lowest BCUT2D eigenvalue weighted by atomic mass is 10.2. The average molecular weight is 451 g/mol. The molecule has 1 aliphatic carbocycles. The Hall–Kier alpha value is -3.15. The minimum absolute atomic E-state index is 0.0567.